The Morgan fingerprint density at radius 1 is 0.528 bits per heavy atom. The number of nitrogens with one attached hydrogen (secondary N) is 3. The lowest BCUT2D eigenvalue weighted by atomic mass is 10.0. The van der Waals surface area contributed by atoms with Gasteiger partial charge >= 0.3 is 0 Å². The fourth-order valence-corrected chi connectivity index (χ4v) is 6.86. The topological polar surface area (TPSA) is 87.3 Å². The van der Waals surface area contributed by atoms with E-state index in [-0.39, 0.29) is 11.6 Å². The molecule has 7 aromatic carbocycles. The molecule has 0 saturated heterocycles. The highest BCUT2D eigenvalue weighted by atomic mass is 32.2. The van der Waals surface area contributed by atoms with E-state index >= 15 is 0 Å². The van der Waals surface area contributed by atoms with Crippen LogP contribution in [0, 0.1) is 0 Å². The van der Waals surface area contributed by atoms with Crippen LogP contribution in [0.15, 0.2) is 193 Å². The van der Waals surface area contributed by atoms with Gasteiger partial charge in [0.1, 0.15) is 10.9 Å². The third kappa shape index (κ3) is 8.97. The van der Waals surface area contributed by atoms with Crippen LogP contribution < -0.4 is 16.0 Å². The van der Waals surface area contributed by atoms with Crippen LogP contribution in [-0.2, 0) is 9.59 Å². The molecule has 0 aliphatic heterocycles. The Bertz CT molecular complexity index is 2380. The first-order chi connectivity index (χ1) is 26.0. The second kappa shape index (κ2) is 16.5. The summed E-state index contributed by atoms with van der Waals surface area (Å²) in [5, 5.41) is 10.5. The molecule has 1 unspecified atom stereocenters. The van der Waals surface area contributed by atoms with Crippen molar-refractivity contribution in [3.8, 4) is 11.1 Å². The van der Waals surface area contributed by atoms with Crippen LogP contribution in [0.4, 0.5) is 11.4 Å². The van der Waals surface area contributed by atoms with Crippen molar-refractivity contribution >= 4 is 57.7 Å². The molecule has 6 nitrogen and oxygen atoms in total. The number of amides is 3. The monoisotopic (exact) mass is 709 g/mol. The number of fused-ring (bicyclic) bond motifs is 1. The molecule has 0 aliphatic rings. The Hall–Kier alpha value is -6.70. The van der Waals surface area contributed by atoms with Crippen LogP contribution in [0.25, 0.3) is 28.0 Å². The van der Waals surface area contributed by atoms with Crippen LogP contribution in [0.2, 0.25) is 0 Å². The van der Waals surface area contributed by atoms with Crippen molar-refractivity contribution in [3.63, 3.8) is 0 Å². The van der Waals surface area contributed by atoms with Crippen molar-refractivity contribution in [2.24, 2.45) is 0 Å². The van der Waals surface area contributed by atoms with Crippen LogP contribution >= 0.6 is 11.8 Å². The summed E-state index contributed by atoms with van der Waals surface area (Å²) in [5.74, 6) is -1.01. The fourth-order valence-electron chi connectivity index (χ4n) is 5.84. The van der Waals surface area contributed by atoms with Crippen LogP contribution in [-0.4, -0.2) is 17.7 Å². The fraction of sp³-hybridized carbons (Fsp3) is 0.0217. The van der Waals surface area contributed by atoms with Gasteiger partial charge in [-0.05, 0) is 87.6 Å². The highest BCUT2D eigenvalue weighted by molar-refractivity contribution is 8.00. The number of hydrogen-bond acceptors (Lipinski definition) is 4. The standard InChI is InChI=1S/C46H35N3O3S/c50-44(37-17-8-3-9-18-37)49-42(30-32-20-22-35(23-21-32)33-12-4-1-5-13-33)45(51)47-39-26-28-41(29-27-39)53-43(36-15-6-2-7-16-36)46(52)48-40-25-24-34-14-10-11-19-38(34)31-40/h1-31,43H,(H,47,51)(H,48,52)(H,49,50)/b42-30-. The largest absolute Gasteiger partial charge is 0.325 e. The summed E-state index contributed by atoms with van der Waals surface area (Å²) in [6.07, 6.45) is 1.66. The molecule has 258 valence electrons. The van der Waals surface area contributed by atoms with E-state index in [4.69, 9.17) is 0 Å². The molecule has 7 aromatic rings. The van der Waals surface area contributed by atoms with Gasteiger partial charge in [0.25, 0.3) is 11.8 Å². The number of rotatable bonds is 11. The first-order valence-electron chi connectivity index (χ1n) is 17.1. The van der Waals surface area contributed by atoms with Gasteiger partial charge in [-0.25, -0.2) is 0 Å². The molecule has 0 saturated carbocycles. The summed E-state index contributed by atoms with van der Waals surface area (Å²) in [6.45, 7) is 0. The van der Waals surface area contributed by atoms with Gasteiger partial charge in [0.15, 0.2) is 0 Å². The van der Waals surface area contributed by atoms with Gasteiger partial charge in [0.05, 0.1) is 0 Å². The Morgan fingerprint density at radius 3 is 1.81 bits per heavy atom. The Morgan fingerprint density at radius 2 is 1.11 bits per heavy atom. The van der Waals surface area contributed by atoms with Gasteiger partial charge in [0, 0.05) is 21.8 Å². The number of benzene rings is 7. The van der Waals surface area contributed by atoms with Gasteiger partial charge in [-0.15, -0.1) is 11.8 Å². The van der Waals surface area contributed by atoms with E-state index in [2.05, 4.69) is 16.0 Å². The number of carbonyl (C=O) groups is 3. The molecule has 3 N–H and O–H groups in total. The molecular formula is C46H35N3O3S. The van der Waals surface area contributed by atoms with E-state index in [1.807, 2.05) is 146 Å². The number of thioether (sulfide) groups is 1. The first kappa shape index (κ1) is 34.7. The van der Waals surface area contributed by atoms with Crippen molar-refractivity contribution in [1.82, 2.24) is 5.32 Å². The zero-order valence-corrected chi connectivity index (χ0v) is 29.4. The predicted molar refractivity (Wildman–Crippen MR) is 216 cm³/mol. The van der Waals surface area contributed by atoms with E-state index in [1.54, 1.807) is 42.5 Å². The van der Waals surface area contributed by atoms with Gasteiger partial charge < -0.3 is 16.0 Å². The Balaban J connectivity index is 1.08. The zero-order valence-electron chi connectivity index (χ0n) is 28.6. The molecule has 0 fully saturated rings. The van der Waals surface area contributed by atoms with Crippen molar-refractivity contribution in [2.75, 3.05) is 10.6 Å². The molecule has 1 atom stereocenters. The highest BCUT2D eigenvalue weighted by Crippen LogP contribution is 2.37. The second-order valence-corrected chi connectivity index (χ2v) is 13.5. The molecule has 0 aromatic heterocycles. The maximum Gasteiger partial charge on any atom is 0.272 e. The van der Waals surface area contributed by atoms with Gasteiger partial charge in [0.2, 0.25) is 5.91 Å². The van der Waals surface area contributed by atoms with Crippen LogP contribution in [0.3, 0.4) is 0 Å². The van der Waals surface area contributed by atoms with Gasteiger partial charge in [-0.3, -0.25) is 14.4 Å². The van der Waals surface area contributed by atoms with Crippen molar-refractivity contribution in [2.45, 2.75) is 10.1 Å². The summed E-state index contributed by atoms with van der Waals surface area (Å²) in [4.78, 5) is 41.5. The lowest BCUT2D eigenvalue weighted by Crippen LogP contribution is -2.30. The molecule has 0 heterocycles. The molecular weight excluding hydrogens is 675 g/mol. The Labute approximate surface area is 312 Å². The number of hydrogen-bond donors (Lipinski definition) is 3. The molecule has 7 rings (SSSR count). The molecule has 0 spiro atoms. The summed E-state index contributed by atoms with van der Waals surface area (Å²) in [5.41, 5.74) is 5.54. The Kier molecular flexibility index (Phi) is 10.8. The van der Waals surface area contributed by atoms with E-state index in [0.717, 1.165) is 43.6 Å². The van der Waals surface area contributed by atoms with Crippen LogP contribution in [0.1, 0.15) is 26.7 Å². The van der Waals surface area contributed by atoms with Gasteiger partial charge in [-0.2, -0.15) is 0 Å². The van der Waals surface area contributed by atoms with E-state index in [1.165, 1.54) is 11.8 Å². The molecule has 0 radical (unpaired) electrons. The zero-order chi connectivity index (χ0) is 36.4. The number of anilines is 2. The number of carbonyl (C=O) groups excluding carboxylic acids is 3. The lowest BCUT2D eigenvalue weighted by Gasteiger charge is -2.18. The quantitative estimate of drug-likeness (QED) is 0.0922. The van der Waals surface area contributed by atoms with E-state index < -0.39 is 17.1 Å². The third-order valence-electron chi connectivity index (χ3n) is 8.58. The lowest BCUT2D eigenvalue weighted by molar-refractivity contribution is -0.116. The maximum absolute atomic E-state index is 13.7. The minimum absolute atomic E-state index is 0.0965. The molecule has 7 heteroatoms. The summed E-state index contributed by atoms with van der Waals surface area (Å²) < 4.78 is 0. The van der Waals surface area contributed by atoms with Crippen molar-refractivity contribution in [1.29, 1.82) is 0 Å². The van der Waals surface area contributed by atoms with E-state index in [9.17, 15) is 14.4 Å². The maximum atomic E-state index is 13.7. The summed E-state index contributed by atoms with van der Waals surface area (Å²) in [7, 11) is 0. The first-order valence-corrected chi connectivity index (χ1v) is 18.0. The van der Waals surface area contributed by atoms with E-state index in [0.29, 0.717) is 11.3 Å². The minimum atomic E-state index is -0.529. The molecule has 0 aliphatic carbocycles. The van der Waals surface area contributed by atoms with Gasteiger partial charge in [-0.1, -0.05) is 133 Å². The SMILES string of the molecule is O=C(Nc1ccc(SC(C(=O)Nc2ccc3ccccc3c2)c2ccccc2)cc1)/C(=C/c1ccc(-c2ccccc2)cc1)NC(=O)c1ccccc1. The normalized spacial score (nSPS) is 11.7. The average Bonchev–Trinajstić information content (AvgIpc) is 3.21. The average molecular weight is 710 g/mol. The van der Waals surface area contributed by atoms with Crippen molar-refractivity contribution in [3.05, 3.63) is 204 Å². The third-order valence-corrected chi connectivity index (χ3v) is 9.85. The molecule has 53 heavy (non-hydrogen) atoms. The summed E-state index contributed by atoms with van der Waals surface area (Å²) in [6, 6.07) is 57.5. The minimum Gasteiger partial charge on any atom is -0.325 e. The molecule has 3 amide bonds. The van der Waals surface area contributed by atoms with Crippen molar-refractivity contribution < 1.29 is 14.4 Å². The summed E-state index contributed by atoms with van der Waals surface area (Å²) >= 11 is 1.42. The predicted octanol–water partition coefficient (Wildman–Crippen LogP) is 10.4. The highest BCUT2D eigenvalue weighted by Gasteiger charge is 2.23. The van der Waals surface area contributed by atoms with Crippen LogP contribution in [0.5, 0.6) is 0 Å². The second-order valence-electron chi connectivity index (χ2n) is 12.3. The smallest absolute Gasteiger partial charge is 0.272 e. The molecule has 0 bridgehead atoms.